The first-order valence-corrected chi connectivity index (χ1v) is 6.31. The molecule has 14 heavy (non-hydrogen) atoms. The van der Waals surface area contributed by atoms with Gasteiger partial charge in [0.2, 0.25) is 0 Å². The summed E-state index contributed by atoms with van der Waals surface area (Å²) in [6.07, 6.45) is 7.35. The molecule has 1 atom stereocenters. The molecule has 0 aromatic rings. The van der Waals surface area contributed by atoms with E-state index in [2.05, 4.69) is 26.1 Å². The van der Waals surface area contributed by atoms with E-state index in [0.29, 0.717) is 10.8 Å². The lowest BCUT2D eigenvalue weighted by Gasteiger charge is -2.53. The quantitative estimate of drug-likeness (QED) is 0.677. The van der Waals surface area contributed by atoms with Gasteiger partial charge in [-0.1, -0.05) is 33.6 Å². The predicted molar refractivity (Wildman–Crippen MR) is 61.3 cm³/mol. The number of hydrogen-bond acceptors (Lipinski definition) is 1. The van der Waals surface area contributed by atoms with Crippen LogP contribution in [0.25, 0.3) is 0 Å². The second-order valence-electron chi connectivity index (χ2n) is 5.99. The van der Waals surface area contributed by atoms with E-state index in [4.69, 9.17) is 0 Å². The van der Waals surface area contributed by atoms with E-state index < -0.39 is 0 Å². The Morgan fingerprint density at radius 2 is 1.71 bits per heavy atom. The van der Waals surface area contributed by atoms with Crippen molar-refractivity contribution in [1.82, 2.24) is 5.32 Å². The number of hydrogen-bond donors (Lipinski definition) is 1. The van der Waals surface area contributed by atoms with E-state index in [1.54, 1.807) is 0 Å². The van der Waals surface area contributed by atoms with Crippen molar-refractivity contribution >= 4 is 0 Å². The van der Waals surface area contributed by atoms with E-state index in [-0.39, 0.29) is 0 Å². The number of nitrogens with one attached hydrogen (secondary N) is 1. The van der Waals surface area contributed by atoms with E-state index in [9.17, 15) is 0 Å². The van der Waals surface area contributed by atoms with Gasteiger partial charge in [-0.2, -0.15) is 0 Å². The third-order valence-electron chi connectivity index (χ3n) is 5.32. The minimum atomic E-state index is 0.543. The van der Waals surface area contributed by atoms with Gasteiger partial charge < -0.3 is 5.32 Å². The summed E-state index contributed by atoms with van der Waals surface area (Å²) in [5.41, 5.74) is 1.23. The van der Waals surface area contributed by atoms with Crippen molar-refractivity contribution in [2.24, 2.45) is 16.7 Å². The fourth-order valence-corrected chi connectivity index (χ4v) is 3.84. The fraction of sp³-hybridized carbons (Fsp3) is 1.00. The summed E-state index contributed by atoms with van der Waals surface area (Å²) < 4.78 is 0. The molecule has 2 rings (SSSR count). The van der Waals surface area contributed by atoms with Crippen LogP contribution in [0.4, 0.5) is 0 Å². The molecule has 2 fully saturated rings. The Balaban J connectivity index is 2.26. The number of rotatable bonds is 1. The van der Waals surface area contributed by atoms with Crippen LogP contribution in [0.1, 0.15) is 52.9 Å². The second-order valence-corrected chi connectivity index (χ2v) is 5.99. The molecule has 1 saturated heterocycles. The Hall–Kier alpha value is -0.0400. The molecule has 1 aliphatic carbocycles. The van der Waals surface area contributed by atoms with Crippen LogP contribution < -0.4 is 5.32 Å². The molecule has 1 unspecified atom stereocenters. The van der Waals surface area contributed by atoms with Crippen molar-refractivity contribution in [2.45, 2.75) is 52.9 Å². The van der Waals surface area contributed by atoms with Crippen LogP contribution in [-0.2, 0) is 0 Å². The predicted octanol–water partition coefficient (Wildman–Crippen LogP) is 3.20. The highest BCUT2D eigenvalue weighted by Crippen LogP contribution is 2.57. The van der Waals surface area contributed by atoms with Crippen LogP contribution in [0.15, 0.2) is 0 Å². The molecule has 2 aliphatic rings. The van der Waals surface area contributed by atoms with Gasteiger partial charge in [0.15, 0.2) is 0 Å². The lowest BCUT2D eigenvalue weighted by molar-refractivity contribution is -0.0204. The lowest BCUT2D eigenvalue weighted by atomic mass is 9.55. The molecule has 0 bridgehead atoms. The summed E-state index contributed by atoms with van der Waals surface area (Å²) in [5.74, 6) is 0.813. The first-order valence-electron chi connectivity index (χ1n) is 6.31. The lowest BCUT2D eigenvalue weighted by Crippen LogP contribution is -2.54. The smallest absolute Gasteiger partial charge is 0.00129 e. The van der Waals surface area contributed by atoms with Crippen LogP contribution in [-0.4, -0.2) is 13.1 Å². The van der Waals surface area contributed by atoms with Gasteiger partial charge in [-0.3, -0.25) is 0 Å². The van der Waals surface area contributed by atoms with Crippen molar-refractivity contribution < 1.29 is 0 Å². The molecular formula is C13H25N. The molecule has 1 spiro atoms. The largest absolute Gasteiger partial charge is 0.316 e. The molecule has 1 heterocycles. The van der Waals surface area contributed by atoms with Crippen molar-refractivity contribution in [3.05, 3.63) is 0 Å². The highest BCUT2D eigenvalue weighted by molar-refractivity contribution is 5.03. The summed E-state index contributed by atoms with van der Waals surface area (Å²) in [6, 6.07) is 0. The third-order valence-corrected chi connectivity index (χ3v) is 5.32. The maximum atomic E-state index is 3.61. The summed E-state index contributed by atoms with van der Waals surface area (Å²) in [7, 11) is 0. The van der Waals surface area contributed by atoms with Crippen LogP contribution in [0.3, 0.4) is 0 Å². The van der Waals surface area contributed by atoms with E-state index in [1.165, 1.54) is 45.2 Å². The molecule has 0 amide bonds. The standard InChI is InChI=1S/C13H25N/c1-11(2)12(3)10-14-9-8-13(12)6-4-5-7-13/h11,14H,4-10H2,1-3H3. The molecular weight excluding hydrogens is 170 g/mol. The van der Waals surface area contributed by atoms with Crippen molar-refractivity contribution in [1.29, 1.82) is 0 Å². The monoisotopic (exact) mass is 195 g/mol. The maximum Gasteiger partial charge on any atom is 0.00129 e. The molecule has 1 aliphatic heterocycles. The van der Waals surface area contributed by atoms with Gasteiger partial charge >= 0.3 is 0 Å². The summed E-state index contributed by atoms with van der Waals surface area (Å²) in [5, 5.41) is 3.61. The maximum absolute atomic E-state index is 3.61. The van der Waals surface area contributed by atoms with Crippen LogP contribution >= 0.6 is 0 Å². The van der Waals surface area contributed by atoms with Gasteiger partial charge in [-0.05, 0) is 42.6 Å². The van der Waals surface area contributed by atoms with Crippen molar-refractivity contribution in [3.8, 4) is 0 Å². The highest BCUT2D eigenvalue weighted by Gasteiger charge is 2.51. The minimum absolute atomic E-state index is 0.543. The minimum Gasteiger partial charge on any atom is -0.316 e. The average Bonchev–Trinajstić information content (AvgIpc) is 2.60. The molecule has 0 radical (unpaired) electrons. The number of piperidine rings is 1. The molecule has 82 valence electrons. The SMILES string of the molecule is CC(C)C1(C)CNCCC12CCCC2. The van der Waals surface area contributed by atoms with E-state index >= 15 is 0 Å². The van der Waals surface area contributed by atoms with Crippen LogP contribution in [0.2, 0.25) is 0 Å². The van der Waals surface area contributed by atoms with Gasteiger partial charge in [0.25, 0.3) is 0 Å². The van der Waals surface area contributed by atoms with Gasteiger partial charge in [-0.25, -0.2) is 0 Å². The van der Waals surface area contributed by atoms with Gasteiger partial charge in [-0.15, -0.1) is 0 Å². The van der Waals surface area contributed by atoms with Gasteiger partial charge in [0.1, 0.15) is 0 Å². The zero-order valence-corrected chi connectivity index (χ0v) is 10.0. The highest BCUT2D eigenvalue weighted by atomic mass is 14.9. The normalized spacial score (nSPS) is 36.9. The van der Waals surface area contributed by atoms with Crippen molar-refractivity contribution in [3.63, 3.8) is 0 Å². The van der Waals surface area contributed by atoms with E-state index in [1.807, 2.05) is 0 Å². The van der Waals surface area contributed by atoms with Crippen LogP contribution in [0.5, 0.6) is 0 Å². The Kier molecular flexibility index (Phi) is 2.63. The van der Waals surface area contributed by atoms with Gasteiger partial charge in [0.05, 0.1) is 0 Å². The summed E-state index contributed by atoms with van der Waals surface area (Å²) in [6.45, 7) is 9.84. The zero-order chi connectivity index (χ0) is 10.2. The zero-order valence-electron chi connectivity index (χ0n) is 10.0. The van der Waals surface area contributed by atoms with Crippen LogP contribution in [0, 0.1) is 16.7 Å². The Morgan fingerprint density at radius 1 is 1.07 bits per heavy atom. The topological polar surface area (TPSA) is 12.0 Å². The first kappa shape index (κ1) is 10.5. The molecule has 1 heteroatoms. The van der Waals surface area contributed by atoms with Crippen molar-refractivity contribution in [2.75, 3.05) is 13.1 Å². The Morgan fingerprint density at radius 3 is 2.29 bits per heavy atom. The molecule has 1 N–H and O–H groups in total. The Bertz CT molecular complexity index is 197. The summed E-state index contributed by atoms with van der Waals surface area (Å²) >= 11 is 0. The molecule has 1 saturated carbocycles. The first-order chi connectivity index (χ1) is 6.61. The third kappa shape index (κ3) is 1.32. The molecule has 0 aromatic heterocycles. The average molecular weight is 195 g/mol. The van der Waals surface area contributed by atoms with Gasteiger partial charge in [0, 0.05) is 6.54 Å². The second kappa shape index (κ2) is 3.52. The summed E-state index contributed by atoms with van der Waals surface area (Å²) in [4.78, 5) is 0. The molecule has 0 aromatic carbocycles. The van der Waals surface area contributed by atoms with E-state index in [0.717, 1.165) is 5.92 Å². The Labute approximate surface area is 88.7 Å². The molecule has 1 nitrogen and oxygen atoms in total. The fourth-order valence-electron chi connectivity index (χ4n) is 3.84.